The molecule has 0 radical (unpaired) electrons. The van der Waals surface area contributed by atoms with E-state index in [9.17, 15) is 5.11 Å². The van der Waals surface area contributed by atoms with Gasteiger partial charge < -0.3 is 14.7 Å². The number of rotatable bonds is 2. The van der Waals surface area contributed by atoms with E-state index in [2.05, 4.69) is 25.7 Å². The van der Waals surface area contributed by atoms with Crippen LogP contribution < -0.4 is 0 Å². The van der Waals surface area contributed by atoms with Crippen LogP contribution in [0.1, 0.15) is 40.0 Å². The molecule has 0 aliphatic carbocycles. The Morgan fingerprint density at radius 1 is 1.17 bits per heavy atom. The molecule has 2 atom stereocenters. The van der Waals surface area contributed by atoms with Crippen molar-refractivity contribution < 1.29 is 9.84 Å². The summed E-state index contributed by atoms with van der Waals surface area (Å²) in [6, 6.07) is 0. The van der Waals surface area contributed by atoms with Gasteiger partial charge >= 0.3 is 0 Å². The Hall–Kier alpha value is -0.120. The number of aliphatic hydroxyl groups excluding tert-OH is 1. The molecule has 0 aromatic rings. The molecule has 0 amide bonds. The van der Waals surface area contributed by atoms with Gasteiger partial charge in [0, 0.05) is 19.1 Å². The van der Waals surface area contributed by atoms with Crippen LogP contribution in [-0.2, 0) is 4.74 Å². The molecule has 2 fully saturated rings. The molecule has 2 aliphatic heterocycles. The number of nitrogens with zero attached hydrogens (tertiary/aromatic N) is 1. The van der Waals surface area contributed by atoms with Crippen molar-refractivity contribution in [3.05, 3.63) is 0 Å². The maximum absolute atomic E-state index is 9.97. The summed E-state index contributed by atoms with van der Waals surface area (Å²) in [5.74, 6) is 1.17. The summed E-state index contributed by atoms with van der Waals surface area (Å²) in [7, 11) is 0. The van der Waals surface area contributed by atoms with E-state index >= 15 is 0 Å². The second kappa shape index (κ2) is 5.89. The number of hydrogen-bond donors (Lipinski definition) is 1. The lowest BCUT2D eigenvalue weighted by molar-refractivity contribution is -0.0507. The summed E-state index contributed by atoms with van der Waals surface area (Å²) in [4.78, 5) is 2.52. The molecule has 2 unspecified atom stereocenters. The summed E-state index contributed by atoms with van der Waals surface area (Å²) in [5.41, 5.74) is 0.444. The summed E-state index contributed by atoms with van der Waals surface area (Å²) >= 11 is 0. The van der Waals surface area contributed by atoms with Crippen molar-refractivity contribution in [2.24, 2.45) is 17.3 Å². The van der Waals surface area contributed by atoms with E-state index in [0.29, 0.717) is 11.3 Å². The van der Waals surface area contributed by atoms with Crippen LogP contribution in [0.2, 0.25) is 0 Å². The molecular formula is C15H29NO2. The Labute approximate surface area is 112 Å². The average molecular weight is 255 g/mol. The third-order valence-corrected chi connectivity index (χ3v) is 4.74. The highest BCUT2D eigenvalue weighted by molar-refractivity contribution is 4.83. The molecule has 3 nitrogen and oxygen atoms in total. The van der Waals surface area contributed by atoms with Crippen LogP contribution in [-0.4, -0.2) is 49.0 Å². The highest BCUT2D eigenvalue weighted by atomic mass is 16.5. The third-order valence-electron chi connectivity index (χ3n) is 4.74. The average Bonchev–Trinajstić information content (AvgIpc) is 2.32. The van der Waals surface area contributed by atoms with Crippen molar-refractivity contribution >= 4 is 0 Å². The zero-order chi connectivity index (χ0) is 13.2. The van der Waals surface area contributed by atoms with Gasteiger partial charge in [0.1, 0.15) is 0 Å². The Balaban J connectivity index is 1.76. The molecule has 2 aliphatic rings. The fourth-order valence-electron chi connectivity index (χ4n) is 3.27. The Kier molecular flexibility index (Phi) is 4.68. The minimum atomic E-state index is -0.154. The molecule has 2 saturated heterocycles. The maximum Gasteiger partial charge on any atom is 0.0624 e. The largest absolute Gasteiger partial charge is 0.393 e. The van der Waals surface area contributed by atoms with Crippen LogP contribution in [0.25, 0.3) is 0 Å². The van der Waals surface area contributed by atoms with Crippen molar-refractivity contribution in [1.29, 1.82) is 0 Å². The van der Waals surface area contributed by atoms with Gasteiger partial charge in [0.25, 0.3) is 0 Å². The van der Waals surface area contributed by atoms with Gasteiger partial charge in [0.15, 0.2) is 0 Å². The number of likely N-dealkylation sites (tertiary alicyclic amines) is 1. The zero-order valence-corrected chi connectivity index (χ0v) is 12.2. The minimum absolute atomic E-state index is 0.154. The topological polar surface area (TPSA) is 32.7 Å². The van der Waals surface area contributed by atoms with Crippen molar-refractivity contribution in [2.45, 2.75) is 46.1 Å². The van der Waals surface area contributed by atoms with Crippen molar-refractivity contribution in [2.75, 3.05) is 32.8 Å². The van der Waals surface area contributed by atoms with Gasteiger partial charge in [0.05, 0.1) is 12.7 Å². The van der Waals surface area contributed by atoms with Crippen LogP contribution in [0.15, 0.2) is 0 Å². The first-order valence-electron chi connectivity index (χ1n) is 7.45. The van der Waals surface area contributed by atoms with Gasteiger partial charge in [-0.2, -0.15) is 0 Å². The lowest BCUT2D eigenvalue weighted by atomic mass is 9.75. The summed E-state index contributed by atoms with van der Waals surface area (Å²) in [5, 5.41) is 9.97. The first-order chi connectivity index (χ1) is 8.47. The highest BCUT2D eigenvalue weighted by Gasteiger charge is 2.31. The van der Waals surface area contributed by atoms with Gasteiger partial charge in [0.2, 0.25) is 0 Å². The SMILES string of the molecule is CC(C)(C)C1CCN(CC2COCCC2O)CC1. The van der Waals surface area contributed by atoms with E-state index in [-0.39, 0.29) is 6.10 Å². The highest BCUT2D eigenvalue weighted by Crippen LogP contribution is 2.34. The molecule has 0 aromatic carbocycles. The van der Waals surface area contributed by atoms with Crippen LogP contribution >= 0.6 is 0 Å². The van der Waals surface area contributed by atoms with Gasteiger partial charge in [-0.3, -0.25) is 0 Å². The summed E-state index contributed by atoms with van der Waals surface area (Å²) in [6.07, 6.45) is 3.25. The number of ether oxygens (including phenoxy) is 1. The monoisotopic (exact) mass is 255 g/mol. The normalized spacial score (nSPS) is 32.7. The van der Waals surface area contributed by atoms with Crippen molar-refractivity contribution in [3.63, 3.8) is 0 Å². The lowest BCUT2D eigenvalue weighted by Crippen LogP contribution is -2.45. The molecule has 2 heterocycles. The molecule has 0 spiro atoms. The first-order valence-corrected chi connectivity index (χ1v) is 7.45. The lowest BCUT2D eigenvalue weighted by Gasteiger charge is -2.41. The van der Waals surface area contributed by atoms with E-state index in [4.69, 9.17) is 4.74 Å². The fraction of sp³-hybridized carbons (Fsp3) is 1.00. The number of piperidine rings is 1. The van der Waals surface area contributed by atoms with Gasteiger partial charge in [-0.15, -0.1) is 0 Å². The Morgan fingerprint density at radius 3 is 2.39 bits per heavy atom. The molecule has 0 bridgehead atoms. The smallest absolute Gasteiger partial charge is 0.0624 e. The molecular weight excluding hydrogens is 226 g/mol. The molecule has 18 heavy (non-hydrogen) atoms. The molecule has 3 heteroatoms. The predicted octanol–water partition coefficient (Wildman–Crippen LogP) is 2.14. The first kappa shape index (κ1) is 14.3. The quantitative estimate of drug-likeness (QED) is 0.820. The molecule has 1 N–H and O–H groups in total. The van der Waals surface area contributed by atoms with E-state index in [1.165, 1.54) is 25.9 Å². The number of hydrogen-bond acceptors (Lipinski definition) is 3. The molecule has 2 rings (SSSR count). The fourth-order valence-corrected chi connectivity index (χ4v) is 3.27. The molecule has 106 valence electrons. The van der Waals surface area contributed by atoms with Crippen LogP contribution in [0.4, 0.5) is 0 Å². The minimum Gasteiger partial charge on any atom is -0.393 e. The Bertz CT molecular complexity index is 254. The van der Waals surface area contributed by atoms with E-state index < -0.39 is 0 Å². The van der Waals surface area contributed by atoms with E-state index in [1.54, 1.807) is 0 Å². The standard InChI is InChI=1S/C15H29NO2/c1-15(2,3)13-4-7-16(8-5-13)10-12-11-18-9-6-14(12)17/h12-14,17H,4-11H2,1-3H3. The second-order valence-electron chi connectivity index (χ2n) is 7.13. The van der Waals surface area contributed by atoms with E-state index in [0.717, 1.165) is 32.1 Å². The summed E-state index contributed by atoms with van der Waals surface area (Å²) in [6.45, 7) is 11.9. The summed E-state index contributed by atoms with van der Waals surface area (Å²) < 4.78 is 5.48. The number of aliphatic hydroxyl groups is 1. The third kappa shape index (κ3) is 3.69. The molecule has 0 aromatic heterocycles. The van der Waals surface area contributed by atoms with E-state index in [1.807, 2.05) is 0 Å². The van der Waals surface area contributed by atoms with Crippen LogP contribution in [0.5, 0.6) is 0 Å². The van der Waals surface area contributed by atoms with Gasteiger partial charge in [-0.1, -0.05) is 20.8 Å². The van der Waals surface area contributed by atoms with Gasteiger partial charge in [-0.05, 0) is 43.7 Å². The molecule has 0 saturated carbocycles. The van der Waals surface area contributed by atoms with Crippen LogP contribution in [0.3, 0.4) is 0 Å². The zero-order valence-electron chi connectivity index (χ0n) is 12.2. The predicted molar refractivity (Wildman–Crippen MR) is 73.6 cm³/mol. The van der Waals surface area contributed by atoms with Crippen molar-refractivity contribution in [3.8, 4) is 0 Å². The van der Waals surface area contributed by atoms with Crippen LogP contribution in [0, 0.1) is 17.3 Å². The maximum atomic E-state index is 9.97. The van der Waals surface area contributed by atoms with Gasteiger partial charge in [-0.25, -0.2) is 0 Å². The van der Waals surface area contributed by atoms with Crippen molar-refractivity contribution in [1.82, 2.24) is 4.90 Å². The Morgan fingerprint density at radius 2 is 1.83 bits per heavy atom. The second-order valence-corrected chi connectivity index (χ2v) is 7.13.